The quantitative estimate of drug-likeness (QED) is 0.789. The van der Waals surface area contributed by atoms with E-state index in [1.807, 2.05) is 54.6 Å². The SMILES string of the molecule is COc1ccc2nc(-c3ccccc3)c(CO)cc2c1. The summed E-state index contributed by atoms with van der Waals surface area (Å²) in [6.07, 6.45) is 0. The first-order chi connectivity index (χ1) is 9.81. The van der Waals surface area contributed by atoms with Crippen LogP contribution in [0, 0.1) is 0 Å². The van der Waals surface area contributed by atoms with E-state index in [0.717, 1.165) is 33.5 Å². The number of pyridine rings is 1. The number of aromatic nitrogens is 1. The van der Waals surface area contributed by atoms with Crippen molar-refractivity contribution in [1.29, 1.82) is 0 Å². The van der Waals surface area contributed by atoms with Gasteiger partial charge in [0.2, 0.25) is 0 Å². The van der Waals surface area contributed by atoms with Gasteiger partial charge in [-0.3, -0.25) is 0 Å². The first kappa shape index (κ1) is 12.6. The van der Waals surface area contributed by atoms with Gasteiger partial charge >= 0.3 is 0 Å². The van der Waals surface area contributed by atoms with Gasteiger partial charge in [-0.05, 0) is 24.3 Å². The molecule has 3 rings (SSSR count). The second kappa shape index (κ2) is 5.31. The third-order valence-electron chi connectivity index (χ3n) is 3.32. The molecule has 0 amide bonds. The van der Waals surface area contributed by atoms with Crippen LogP contribution in [0.3, 0.4) is 0 Å². The molecule has 3 aromatic rings. The van der Waals surface area contributed by atoms with Gasteiger partial charge in [-0.1, -0.05) is 30.3 Å². The third-order valence-corrected chi connectivity index (χ3v) is 3.32. The highest BCUT2D eigenvalue weighted by Crippen LogP contribution is 2.27. The van der Waals surface area contributed by atoms with Crippen LogP contribution in [-0.2, 0) is 6.61 Å². The van der Waals surface area contributed by atoms with Crippen molar-refractivity contribution in [2.75, 3.05) is 7.11 Å². The Balaban J connectivity index is 2.22. The Hall–Kier alpha value is -2.39. The molecule has 0 aliphatic heterocycles. The Morgan fingerprint density at radius 3 is 2.55 bits per heavy atom. The highest BCUT2D eigenvalue weighted by molar-refractivity contribution is 5.84. The molecule has 0 atom stereocenters. The van der Waals surface area contributed by atoms with Crippen LogP contribution >= 0.6 is 0 Å². The van der Waals surface area contributed by atoms with Crippen LogP contribution in [0.4, 0.5) is 0 Å². The molecule has 0 unspecified atom stereocenters. The second-order valence-electron chi connectivity index (χ2n) is 4.58. The number of benzene rings is 2. The minimum atomic E-state index is -0.0373. The minimum absolute atomic E-state index is 0.0373. The summed E-state index contributed by atoms with van der Waals surface area (Å²) >= 11 is 0. The van der Waals surface area contributed by atoms with Crippen LogP contribution in [0.15, 0.2) is 54.6 Å². The number of hydrogen-bond donors (Lipinski definition) is 1. The number of nitrogens with zero attached hydrogens (tertiary/aromatic N) is 1. The molecule has 0 fully saturated rings. The third kappa shape index (κ3) is 2.24. The van der Waals surface area contributed by atoms with Gasteiger partial charge in [-0.25, -0.2) is 4.98 Å². The highest BCUT2D eigenvalue weighted by atomic mass is 16.5. The minimum Gasteiger partial charge on any atom is -0.497 e. The van der Waals surface area contributed by atoms with E-state index < -0.39 is 0 Å². The summed E-state index contributed by atoms with van der Waals surface area (Å²) in [6.45, 7) is -0.0373. The summed E-state index contributed by atoms with van der Waals surface area (Å²) in [7, 11) is 1.64. The molecule has 0 aliphatic carbocycles. The molecular weight excluding hydrogens is 250 g/mol. The molecule has 20 heavy (non-hydrogen) atoms. The lowest BCUT2D eigenvalue weighted by Gasteiger charge is -2.10. The standard InChI is InChI=1S/C17H15NO2/c1-20-15-7-8-16-13(10-15)9-14(11-19)17(18-16)12-5-3-2-4-6-12/h2-10,19H,11H2,1H3. The van der Waals surface area contributed by atoms with E-state index in [0.29, 0.717) is 0 Å². The maximum Gasteiger partial charge on any atom is 0.119 e. The van der Waals surface area contributed by atoms with E-state index in [9.17, 15) is 5.11 Å². The van der Waals surface area contributed by atoms with E-state index >= 15 is 0 Å². The predicted octanol–water partition coefficient (Wildman–Crippen LogP) is 3.40. The van der Waals surface area contributed by atoms with Crippen LogP contribution in [0.5, 0.6) is 5.75 Å². The van der Waals surface area contributed by atoms with Crippen LogP contribution < -0.4 is 4.74 Å². The Morgan fingerprint density at radius 2 is 1.85 bits per heavy atom. The number of methoxy groups -OCH3 is 1. The molecule has 1 N–H and O–H groups in total. The summed E-state index contributed by atoms with van der Waals surface area (Å²) in [6, 6.07) is 17.6. The molecular formula is C17H15NO2. The molecule has 0 radical (unpaired) electrons. The number of rotatable bonds is 3. The Bertz CT molecular complexity index is 739. The van der Waals surface area contributed by atoms with Gasteiger partial charge in [-0.15, -0.1) is 0 Å². The van der Waals surface area contributed by atoms with Gasteiger partial charge in [0.1, 0.15) is 5.75 Å². The number of hydrogen-bond acceptors (Lipinski definition) is 3. The fourth-order valence-corrected chi connectivity index (χ4v) is 2.29. The zero-order valence-electron chi connectivity index (χ0n) is 11.2. The van der Waals surface area contributed by atoms with Crippen LogP contribution in [-0.4, -0.2) is 17.2 Å². The Morgan fingerprint density at radius 1 is 1.05 bits per heavy atom. The first-order valence-corrected chi connectivity index (χ1v) is 6.46. The summed E-state index contributed by atoms with van der Waals surface area (Å²) < 4.78 is 5.22. The molecule has 1 heterocycles. The fourth-order valence-electron chi connectivity index (χ4n) is 2.29. The molecule has 0 aliphatic rings. The van der Waals surface area contributed by atoms with Crippen LogP contribution in [0.1, 0.15) is 5.56 Å². The molecule has 0 spiro atoms. The van der Waals surface area contributed by atoms with Crippen molar-refractivity contribution >= 4 is 10.9 Å². The normalized spacial score (nSPS) is 10.7. The van der Waals surface area contributed by atoms with Crippen molar-refractivity contribution in [2.45, 2.75) is 6.61 Å². The number of fused-ring (bicyclic) bond motifs is 1. The predicted molar refractivity (Wildman–Crippen MR) is 79.7 cm³/mol. The van der Waals surface area contributed by atoms with E-state index in [4.69, 9.17) is 4.74 Å². The zero-order chi connectivity index (χ0) is 13.9. The van der Waals surface area contributed by atoms with Gasteiger partial charge in [-0.2, -0.15) is 0 Å². The molecule has 3 nitrogen and oxygen atoms in total. The van der Waals surface area contributed by atoms with Crippen molar-refractivity contribution in [3.8, 4) is 17.0 Å². The molecule has 0 saturated heterocycles. The summed E-state index contributed by atoms with van der Waals surface area (Å²) in [5.41, 5.74) is 3.54. The van der Waals surface area contributed by atoms with Gasteiger partial charge < -0.3 is 9.84 Å². The maximum atomic E-state index is 9.59. The van der Waals surface area contributed by atoms with Crippen molar-refractivity contribution in [2.24, 2.45) is 0 Å². The average molecular weight is 265 g/mol. The van der Waals surface area contributed by atoms with Crippen LogP contribution in [0.25, 0.3) is 22.2 Å². The van der Waals surface area contributed by atoms with E-state index in [-0.39, 0.29) is 6.61 Å². The summed E-state index contributed by atoms with van der Waals surface area (Å²) in [5, 5.41) is 10.6. The fraction of sp³-hybridized carbons (Fsp3) is 0.118. The average Bonchev–Trinajstić information content (AvgIpc) is 2.53. The number of aliphatic hydroxyl groups is 1. The lowest BCUT2D eigenvalue weighted by molar-refractivity contribution is 0.282. The van der Waals surface area contributed by atoms with Gasteiger partial charge in [0.25, 0.3) is 0 Å². The van der Waals surface area contributed by atoms with Crippen molar-refractivity contribution in [1.82, 2.24) is 4.98 Å². The van der Waals surface area contributed by atoms with Gasteiger partial charge in [0.05, 0.1) is 24.9 Å². The number of ether oxygens (including phenoxy) is 1. The molecule has 1 aromatic heterocycles. The lowest BCUT2D eigenvalue weighted by Crippen LogP contribution is -1.95. The van der Waals surface area contributed by atoms with E-state index in [2.05, 4.69) is 4.98 Å². The highest BCUT2D eigenvalue weighted by Gasteiger charge is 2.09. The Labute approximate surface area is 117 Å². The number of aliphatic hydroxyl groups excluding tert-OH is 1. The maximum absolute atomic E-state index is 9.59. The molecule has 0 bridgehead atoms. The van der Waals surface area contributed by atoms with E-state index in [1.165, 1.54) is 0 Å². The second-order valence-corrected chi connectivity index (χ2v) is 4.58. The van der Waals surface area contributed by atoms with E-state index in [1.54, 1.807) is 7.11 Å². The first-order valence-electron chi connectivity index (χ1n) is 6.46. The van der Waals surface area contributed by atoms with Gasteiger partial charge in [0, 0.05) is 16.5 Å². The zero-order valence-corrected chi connectivity index (χ0v) is 11.2. The Kier molecular flexibility index (Phi) is 3.35. The largest absolute Gasteiger partial charge is 0.497 e. The van der Waals surface area contributed by atoms with Crippen molar-refractivity contribution < 1.29 is 9.84 Å². The van der Waals surface area contributed by atoms with Gasteiger partial charge in [0.15, 0.2) is 0 Å². The van der Waals surface area contributed by atoms with Crippen molar-refractivity contribution in [3.63, 3.8) is 0 Å². The lowest BCUT2D eigenvalue weighted by atomic mass is 10.0. The topological polar surface area (TPSA) is 42.4 Å². The summed E-state index contributed by atoms with van der Waals surface area (Å²) in [4.78, 5) is 4.68. The molecule has 100 valence electrons. The van der Waals surface area contributed by atoms with Crippen molar-refractivity contribution in [3.05, 3.63) is 60.2 Å². The molecule has 0 saturated carbocycles. The monoisotopic (exact) mass is 265 g/mol. The summed E-state index contributed by atoms with van der Waals surface area (Å²) in [5.74, 6) is 0.788. The molecule has 3 heteroatoms. The van der Waals surface area contributed by atoms with Crippen LogP contribution in [0.2, 0.25) is 0 Å². The molecule has 2 aromatic carbocycles. The smallest absolute Gasteiger partial charge is 0.119 e.